The van der Waals surface area contributed by atoms with Crippen LogP contribution in [-0.4, -0.2) is 23.9 Å². The molecule has 2 N–H and O–H groups in total. The maximum absolute atomic E-state index is 13.2. The quantitative estimate of drug-likeness (QED) is 0.848. The van der Waals surface area contributed by atoms with Gasteiger partial charge in [0, 0.05) is 30.4 Å². The SMILES string of the molecule is N#CCC1=C(SCN)CN(Cc2cccc(F)c2)CC1. The van der Waals surface area contributed by atoms with E-state index in [1.807, 2.05) is 6.07 Å². The highest BCUT2D eigenvalue weighted by molar-refractivity contribution is 8.03. The smallest absolute Gasteiger partial charge is 0.123 e. The molecule has 3 nitrogen and oxygen atoms in total. The van der Waals surface area contributed by atoms with E-state index in [0.717, 1.165) is 31.6 Å². The van der Waals surface area contributed by atoms with Crippen molar-refractivity contribution in [3.63, 3.8) is 0 Å². The van der Waals surface area contributed by atoms with Gasteiger partial charge in [-0.25, -0.2) is 4.39 Å². The van der Waals surface area contributed by atoms with E-state index in [9.17, 15) is 4.39 Å². The molecule has 0 radical (unpaired) electrons. The van der Waals surface area contributed by atoms with E-state index in [-0.39, 0.29) is 5.82 Å². The van der Waals surface area contributed by atoms with Crippen LogP contribution in [0.3, 0.4) is 0 Å². The Bertz CT molecular complexity index is 536. The van der Waals surface area contributed by atoms with E-state index >= 15 is 0 Å². The molecule has 20 heavy (non-hydrogen) atoms. The number of nitriles is 1. The Morgan fingerprint density at radius 1 is 1.45 bits per heavy atom. The highest BCUT2D eigenvalue weighted by atomic mass is 32.2. The fraction of sp³-hybridized carbons (Fsp3) is 0.400. The average Bonchev–Trinajstić information content (AvgIpc) is 2.42. The van der Waals surface area contributed by atoms with Crippen LogP contribution in [0.25, 0.3) is 0 Å². The third-order valence-electron chi connectivity index (χ3n) is 3.34. The maximum Gasteiger partial charge on any atom is 0.123 e. The summed E-state index contributed by atoms with van der Waals surface area (Å²) < 4.78 is 13.2. The lowest BCUT2D eigenvalue weighted by molar-refractivity contribution is 0.282. The van der Waals surface area contributed by atoms with Crippen LogP contribution in [0.5, 0.6) is 0 Å². The van der Waals surface area contributed by atoms with E-state index in [1.165, 1.54) is 16.5 Å². The zero-order valence-corrected chi connectivity index (χ0v) is 12.1. The second kappa shape index (κ2) is 7.44. The number of halogens is 1. The molecule has 1 aromatic carbocycles. The third-order valence-corrected chi connectivity index (χ3v) is 4.27. The minimum Gasteiger partial charge on any atom is -0.322 e. The number of rotatable bonds is 5. The number of thioether (sulfide) groups is 1. The molecule has 0 atom stereocenters. The van der Waals surface area contributed by atoms with Crippen LogP contribution in [0.1, 0.15) is 18.4 Å². The summed E-state index contributed by atoms with van der Waals surface area (Å²) in [6.45, 7) is 2.43. The highest BCUT2D eigenvalue weighted by Gasteiger charge is 2.19. The molecule has 0 amide bonds. The van der Waals surface area contributed by atoms with Crippen molar-refractivity contribution >= 4 is 11.8 Å². The summed E-state index contributed by atoms with van der Waals surface area (Å²) in [5.41, 5.74) is 7.80. The summed E-state index contributed by atoms with van der Waals surface area (Å²) in [4.78, 5) is 3.48. The van der Waals surface area contributed by atoms with Crippen LogP contribution in [0.2, 0.25) is 0 Å². The monoisotopic (exact) mass is 291 g/mol. The Kier molecular flexibility index (Phi) is 5.60. The van der Waals surface area contributed by atoms with Crippen LogP contribution < -0.4 is 5.73 Å². The van der Waals surface area contributed by atoms with Gasteiger partial charge in [0.15, 0.2) is 0 Å². The molecule has 0 spiro atoms. The lowest BCUT2D eigenvalue weighted by Gasteiger charge is -2.30. The molecule has 1 heterocycles. The lowest BCUT2D eigenvalue weighted by Crippen LogP contribution is -2.31. The first-order valence-corrected chi connectivity index (χ1v) is 7.59. The van der Waals surface area contributed by atoms with Gasteiger partial charge in [-0.15, -0.1) is 11.8 Å². The number of nitrogens with zero attached hydrogens (tertiary/aromatic N) is 2. The van der Waals surface area contributed by atoms with Crippen LogP contribution in [0.4, 0.5) is 4.39 Å². The standard InChI is InChI=1S/C15H18FN3S/c16-14-3-1-2-12(8-14)9-19-7-5-13(4-6-17)15(10-19)20-11-18/h1-3,8H,4-5,7,9-11,18H2. The van der Waals surface area contributed by atoms with Gasteiger partial charge < -0.3 is 5.73 Å². The molecule has 2 rings (SSSR count). The summed E-state index contributed by atoms with van der Waals surface area (Å²) in [6, 6.07) is 8.93. The molecule has 1 aliphatic rings. The Morgan fingerprint density at radius 3 is 3.00 bits per heavy atom. The maximum atomic E-state index is 13.2. The van der Waals surface area contributed by atoms with Crippen molar-refractivity contribution in [2.45, 2.75) is 19.4 Å². The number of hydrogen-bond acceptors (Lipinski definition) is 4. The van der Waals surface area contributed by atoms with Gasteiger partial charge in [-0.2, -0.15) is 5.26 Å². The summed E-state index contributed by atoms with van der Waals surface area (Å²) >= 11 is 1.61. The minimum atomic E-state index is -0.197. The Balaban J connectivity index is 2.04. The Hall–Kier alpha value is -1.35. The normalized spacial score (nSPS) is 16.2. The summed E-state index contributed by atoms with van der Waals surface area (Å²) in [7, 11) is 0. The van der Waals surface area contributed by atoms with E-state index in [1.54, 1.807) is 23.9 Å². The minimum absolute atomic E-state index is 0.197. The Labute approximate surface area is 123 Å². The van der Waals surface area contributed by atoms with Crippen molar-refractivity contribution in [1.82, 2.24) is 4.90 Å². The predicted molar refractivity (Wildman–Crippen MR) is 80.2 cm³/mol. The van der Waals surface area contributed by atoms with Gasteiger partial charge in [-0.05, 0) is 29.7 Å². The summed E-state index contributed by atoms with van der Waals surface area (Å²) in [6.07, 6.45) is 1.38. The Morgan fingerprint density at radius 2 is 2.30 bits per heavy atom. The van der Waals surface area contributed by atoms with Crippen LogP contribution in [-0.2, 0) is 6.54 Å². The number of benzene rings is 1. The van der Waals surface area contributed by atoms with Crippen molar-refractivity contribution in [2.24, 2.45) is 5.73 Å². The molecular weight excluding hydrogens is 273 g/mol. The molecule has 0 saturated heterocycles. The molecule has 0 bridgehead atoms. The van der Waals surface area contributed by atoms with Crippen molar-refractivity contribution in [1.29, 1.82) is 5.26 Å². The zero-order valence-electron chi connectivity index (χ0n) is 11.3. The topological polar surface area (TPSA) is 53.1 Å². The van der Waals surface area contributed by atoms with Gasteiger partial charge in [0.2, 0.25) is 0 Å². The van der Waals surface area contributed by atoms with Crippen molar-refractivity contribution in [3.05, 3.63) is 46.1 Å². The first kappa shape index (κ1) is 15.0. The van der Waals surface area contributed by atoms with Crippen LogP contribution in [0, 0.1) is 17.1 Å². The lowest BCUT2D eigenvalue weighted by atomic mass is 10.0. The van der Waals surface area contributed by atoms with Crippen molar-refractivity contribution in [2.75, 3.05) is 19.0 Å². The largest absolute Gasteiger partial charge is 0.322 e. The van der Waals surface area contributed by atoms with E-state index < -0.39 is 0 Å². The molecule has 5 heteroatoms. The second-order valence-corrected chi connectivity index (χ2v) is 5.88. The van der Waals surface area contributed by atoms with Gasteiger partial charge >= 0.3 is 0 Å². The first-order chi connectivity index (χ1) is 9.72. The van der Waals surface area contributed by atoms with Gasteiger partial charge in [0.25, 0.3) is 0 Å². The molecule has 0 aromatic heterocycles. The van der Waals surface area contributed by atoms with Crippen LogP contribution >= 0.6 is 11.8 Å². The molecule has 1 aromatic rings. The number of hydrogen-bond donors (Lipinski definition) is 1. The van der Waals surface area contributed by atoms with E-state index in [0.29, 0.717) is 12.3 Å². The molecule has 0 unspecified atom stereocenters. The molecular formula is C15H18FN3S. The van der Waals surface area contributed by atoms with Crippen LogP contribution in [0.15, 0.2) is 34.7 Å². The van der Waals surface area contributed by atoms with Gasteiger partial charge in [-0.3, -0.25) is 4.90 Å². The number of nitrogens with two attached hydrogens (primary N) is 1. The molecule has 0 fully saturated rings. The van der Waals surface area contributed by atoms with Crippen molar-refractivity contribution in [3.8, 4) is 6.07 Å². The molecule has 106 valence electrons. The summed E-state index contributed by atoms with van der Waals surface area (Å²) in [5.74, 6) is 0.328. The second-order valence-electron chi connectivity index (χ2n) is 4.76. The van der Waals surface area contributed by atoms with Gasteiger partial charge in [0.05, 0.1) is 12.5 Å². The average molecular weight is 291 g/mol. The molecule has 0 saturated carbocycles. The highest BCUT2D eigenvalue weighted by Crippen LogP contribution is 2.29. The fourth-order valence-electron chi connectivity index (χ4n) is 2.39. The van der Waals surface area contributed by atoms with Gasteiger partial charge in [0.1, 0.15) is 5.82 Å². The molecule has 1 aliphatic heterocycles. The van der Waals surface area contributed by atoms with E-state index in [4.69, 9.17) is 11.0 Å². The predicted octanol–water partition coefficient (Wildman–Crippen LogP) is 2.85. The third kappa shape index (κ3) is 4.07. The zero-order chi connectivity index (χ0) is 14.4. The van der Waals surface area contributed by atoms with E-state index in [2.05, 4.69) is 11.0 Å². The van der Waals surface area contributed by atoms with Gasteiger partial charge in [-0.1, -0.05) is 12.1 Å². The fourth-order valence-corrected chi connectivity index (χ4v) is 3.24. The molecule has 0 aliphatic carbocycles. The first-order valence-electron chi connectivity index (χ1n) is 6.60. The summed E-state index contributed by atoms with van der Waals surface area (Å²) in [5, 5.41) is 8.86. The van der Waals surface area contributed by atoms with Crippen molar-refractivity contribution < 1.29 is 4.39 Å².